The van der Waals surface area contributed by atoms with Gasteiger partial charge >= 0.3 is 6.18 Å². The summed E-state index contributed by atoms with van der Waals surface area (Å²) in [5.41, 5.74) is 0.157. The highest BCUT2D eigenvalue weighted by atomic mass is 79.9. The molecule has 2 aromatic rings. The number of halogens is 4. The number of anilines is 1. The van der Waals surface area contributed by atoms with E-state index in [1.807, 2.05) is 37.3 Å². The summed E-state index contributed by atoms with van der Waals surface area (Å²) in [5.74, 6) is -0.151. The van der Waals surface area contributed by atoms with Crippen molar-refractivity contribution in [2.75, 3.05) is 5.32 Å². The maximum Gasteiger partial charge on any atom is 0.419 e. The van der Waals surface area contributed by atoms with E-state index in [9.17, 15) is 13.2 Å². The molecular formula is C15H14BrF3N2. The van der Waals surface area contributed by atoms with Gasteiger partial charge in [-0.25, -0.2) is 4.98 Å². The lowest BCUT2D eigenvalue weighted by Crippen LogP contribution is -2.16. The van der Waals surface area contributed by atoms with E-state index < -0.39 is 11.7 Å². The van der Waals surface area contributed by atoms with Crippen LogP contribution in [-0.4, -0.2) is 4.98 Å². The fourth-order valence-corrected chi connectivity index (χ4v) is 2.37. The van der Waals surface area contributed by atoms with E-state index in [4.69, 9.17) is 0 Å². The highest BCUT2D eigenvalue weighted by Gasteiger charge is 2.35. The summed E-state index contributed by atoms with van der Waals surface area (Å²) in [6.07, 6.45) is -2.44. The fourth-order valence-electron chi connectivity index (χ4n) is 2.04. The minimum Gasteiger partial charge on any atom is -0.363 e. The summed E-state index contributed by atoms with van der Waals surface area (Å²) < 4.78 is 39.6. The van der Waals surface area contributed by atoms with Crippen LogP contribution in [-0.2, 0) is 6.18 Å². The third kappa shape index (κ3) is 3.97. The zero-order chi connectivity index (χ0) is 15.5. The first kappa shape index (κ1) is 15.8. The molecule has 0 saturated heterocycles. The van der Waals surface area contributed by atoms with Crippen molar-refractivity contribution >= 4 is 21.7 Å². The van der Waals surface area contributed by atoms with Crippen molar-refractivity contribution in [2.24, 2.45) is 0 Å². The number of hydrogen-bond donors (Lipinski definition) is 1. The van der Waals surface area contributed by atoms with Gasteiger partial charge in [0.15, 0.2) is 0 Å². The van der Waals surface area contributed by atoms with Crippen LogP contribution in [0.1, 0.15) is 30.5 Å². The second kappa shape index (κ2) is 6.47. The largest absolute Gasteiger partial charge is 0.419 e. The Balaban J connectivity index is 2.34. The summed E-state index contributed by atoms with van der Waals surface area (Å²) in [4.78, 5) is 3.88. The Morgan fingerprint density at radius 3 is 2.48 bits per heavy atom. The number of nitrogens with one attached hydrogen (secondary N) is 1. The molecule has 1 N–H and O–H groups in total. The Morgan fingerprint density at radius 2 is 1.90 bits per heavy atom. The van der Waals surface area contributed by atoms with Crippen molar-refractivity contribution in [3.05, 3.63) is 58.2 Å². The molecule has 6 heteroatoms. The Morgan fingerprint density at radius 1 is 1.24 bits per heavy atom. The monoisotopic (exact) mass is 358 g/mol. The lowest BCUT2D eigenvalue weighted by atomic mass is 10.0. The summed E-state index contributed by atoms with van der Waals surface area (Å²) in [7, 11) is 0. The molecule has 0 bridgehead atoms. The summed E-state index contributed by atoms with van der Waals surface area (Å²) >= 11 is 3.03. The Labute approximate surface area is 129 Å². The van der Waals surface area contributed by atoms with E-state index in [1.165, 1.54) is 6.20 Å². The molecule has 0 fully saturated rings. The van der Waals surface area contributed by atoms with Crippen LogP contribution in [0, 0.1) is 0 Å². The molecule has 1 atom stereocenters. The number of pyridine rings is 1. The molecule has 2 rings (SSSR count). The molecule has 1 aromatic carbocycles. The number of aromatic nitrogens is 1. The quantitative estimate of drug-likeness (QED) is 0.788. The Bertz CT molecular complexity index is 600. The lowest BCUT2D eigenvalue weighted by molar-refractivity contribution is -0.137. The zero-order valence-electron chi connectivity index (χ0n) is 11.3. The van der Waals surface area contributed by atoms with Gasteiger partial charge in [-0.2, -0.15) is 13.2 Å². The van der Waals surface area contributed by atoms with Gasteiger partial charge in [0, 0.05) is 10.7 Å². The first-order valence-corrected chi connectivity index (χ1v) is 7.25. The average Bonchev–Trinajstić information content (AvgIpc) is 2.46. The summed E-state index contributed by atoms with van der Waals surface area (Å²) in [6.45, 7) is 1.91. The predicted molar refractivity (Wildman–Crippen MR) is 80.0 cm³/mol. The van der Waals surface area contributed by atoms with Gasteiger partial charge in [0.25, 0.3) is 0 Å². The van der Waals surface area contributed by atoms with Gasteiger partial charge in [-0.1, -0.05) is 37.3 Å². The van der Waals surface area contributed by atoms with E-state index >= 15 is 0 Å². The second-order valence-corrected chi connectivity index (χ2v) is 5.48. The molecule has 0 amide bonds. The predicted octanol–water partition coefficient (Wildman–Crippen LogP) is 5.43. The molecule has 0 aliphatic heterocycles. The Hall–Kier alpha value is -1.56. The Kier molecular flexibility index (Phi) is 4.88. The van der Waals surface area contributed by atoms with Gasteiger partial charge in [-0.15, -0.1) is 0 Å². The maximum absolute atomic E-state index is 13.1. The van der Waals surface area contributed by atoms with Gasteiger partial charge in [0.2, 0.25) is 0 Å². The first-order valence-electron chi connectivity index (χ1n) is 6.46. The van der Waals surface area contributed by atoms with Gasteiger partial charge in [-0.3, -0.25) is 0 Å². The van der Waals surface area contributed by atoms with E-state index in [-0.39, 0.29) is 11.9 Å². The summed E-state index contributed by atoms with van der Waals surface area (Å²) in [6, 6.07) is 10.2. The second-order valence-electron chi connectivity index (χ2n) is 4.56. The average molecular weight is 359 g/mol. The smallest absolute Gasteiger partial charge is 0.363 e. The molecular weight excluding hydrogens is 345 g/mol. The van der Waals surface area contributed by atoms with E-state index in [2.05, 4.69) is 26.2 Å². The SMILES string of the molecule is CCC(Nc1ncc(Br)cc1C(F)(F)F)c1ccccc1. The van der Waals surface area contributed by atoms with Gasteiger partial charge < -0.3 is 5.32 Å². The van der Waals surface area contributed by atoms with Crippen molar-refractivity contribution in [2.45, 2.75) is 25.6 Å². The van der Waals surface area contributed by atoms with E-state index in [1.54, 1.807) is 0 Å². The third-order valence-corrected chi connectivity index (χ3v) is 3.51. The molecule has 1 heterocycles. The first-order chi connectivity index (χ1) is 9.91. The van der Waals surface area contributed by atoms with Gasteiger partial charge in [0.05, 0.1) is 11.6 Å². The van der Waals surface area contributed by atoms with Crippen LogP contribution in [0.3, 0.4) is 0 Å². The number of hydrogen-bond acceptors (Lipinski definition) is 2. The molecule has 0 aliphatic carbocycles. The fraction of sp³-hybridized carbons (Fsp3) is 0.267. The van der Waals surface area contributed by atoms with Crippen LogP contribution < -0.4 is 5.32 Å². The molecule has 0 saturated carbocycles. The standard InChI is InChI=1S/C15H14BrF3N2/c1-2-13(10-6-4-3-5-7-10)21-14-12(15(17,18)19)8-11(16)9-20-14/h3-9,13H,2H2,1H3,(H,20,21). The van der Waals surface area contributed by atoms with Crippen LogP contribution in [0.15, 0.2) is 47.1 Å². The molecule has 1 aromatic heterocycles. The minimum absolute atomic E-state index is 0.151. The van der Waals surface area contributed by atoms with Crippen LogP contribution in [0.25, 0.3) is 0 Å². The highest BCUT2D eigenvalue weighted by molar-refractivity contribution is 9.10. The maximum atomic E-state index is 13.1. The third-order valence-electron chi connectivity index (χ3n) is 3.08. The molecule has 0 aliphatic rings. The molecule has 1 unspecified atom stereocenters. The van der Waals surface area contributed by atoms with Gasteiger partial charge in [0.1, 0.15) is 5.82 Å². The van der Waals surface area contributed by atoms with Crippen LogP contribution in [0.4, 0.5) is 19.0 Å². The number of rotatable bonds is 4. The van der Waals surface area contributed by atoms with Crippen molar-refractivity contribution in [1.29, 1.82) is 0 Å². The molecule has 0 radical (unpaired) electrons. The zero-order valence-corrected chi connectivity index (χ0v) is 12.9. The van der Waals surface area contributed by atoms with Crippen molar-refractivity contribution in [3.63, 3.8) is 0 Å². The van der Waals surface area contributed by atoms with Crippen molar-refractivity contribution < 1.29 is 13.2 Å². The summed E-state index contributed by atoms with van der Waals surface area (Å²) in [5, 5.41) is 2.90. The molecule has 112 valence electrons. The molecule has 0 spiro atoms. The number of alkyl halides is 3. The lowest BCUT2D eigenvalue weighted by Gasteiger charge is -2.21. The number of benzene rings is 1. The number of nitrogens with zero attached hydrogens (tertiary/aromatic N) is 1. The van der Waals surface area contributed by atoms with Crippen LogP contribution in [0.2, 0.25) is 0 Å². The van der Waals surface area contributed by atoms with E-state index in [0.29, 0.717) is 10.9 Å². The van der Waals surface area contributed by atoms with E-state index in [0.717, 1.165) is 11.6 Å². The topological polar surface area (TPSA) is 24.9 Å². The van der Waals surface area contributed by atoms with Crippen molar-refractivity contribution in [3.8, 4) is 0 Å². The van der Waals surface area contributed by atoms with Crippen molar-refractivity contribution in [1.82, 2.24) is 4.98 Å². The minimum atomic E-state index is -4.45. The van der Waals surface area contributed by atoms with Crippen LogP contribution >= 0.6 is 15.9 Å². The molecule has 2 nitrogen and oxygen atoms in total. The van der Waals surface area contributed by atoms with Gasteiger partial charge in [-0.05, 0) is 34.0 Å². The van der Waals surface area contributed by atoms with Crippen LogP contribution in [0.5, 0.6) is 0 Å². The highest BCUT2D eigenvalue weighted by Crippen LogP contribution is 2.36. The molecule has 21 heavy (non-hydrogen) atoms. The normalized spacial score (nSPS) is 13.0.